The van der Waals surface area contributed by atoms with Crippen LogP contribution in [-0.2, 0) is 0 Å². The lowest BCUT2D eigenvalue weighted by atomic mass is 9.99. The number of rotatable bonds is 6. The van der Waals surface area contributed by atoms with E-state index in [1.165, 1.54) is 65.0 Å². The third-order valence-corrected chi connectivity index (χ3v) is 18.9. The van der Waals surface area contributed by atoms with Crippen LogP contribution in [0.5, 0.6) is 5.75 Å². The quantitative estimate of drug-likeness (QED) is 0.166. The highest BCUT2D eigenvalue weighted by molar-refractivity contribution is 9.10. The van der Waals surface area contributed by atoms with Gasteiger partial charge in [-0.1, -0.05) is 194 Å². The average molecular weight is 1260 g/mol. The van der Waals surface area contributed by atoms with Gasteiger partial charge in [0.15, 0.2) is 0 Å². The number of furan rings is 1. The molecule has 19 rings (SSSR count). The molecule has 10 heterocycles. The Kier molecular flexibility index (Phi) is 13.5. The van der Waals surface area contributed by atoms with Gasteiger partial charge in [-0.05, 0) is 141 Å². The lowest BCUT2D eigenvalue weighted by molar-refractivity contribution is 0.414. The Balaban J connectivity index is 0.000000108. The number of para-hydroxylation sites is 3. The molecule has 0 saturated heterocycles. The SMILES string of the molecule is COc1cc(C)cc(-c2ccc3cc4c5ccccc5nc(-c5cccc6ccccc56)c4n3c2)c1.Cc1ccc(-c2nc3ccccc3c3c(Br)c4ccccn4c23)cc1.c1ccc2c(-c3nc4ccccc4c4cc5ccc(-c6ccoc6)cn5c34)cccc2c1. The molecule has 0 amide bonds. The summed E-state index contributed by atoms with van der Waals surface area (Å²) in [7, 11) is 1.72. The van der Waals surface area contributed by atoms with Gasteiger partial charge in [0.1, 0.15) is 5.75 Å². The maximum absolute atomic E-state index is 5.55. The van der Waals surface area contributed by atoms with Crippen LogP contribution in [0.1, 0.15) is 11.1 Å². The van der Waals surface area contributed by atoms with E-state index in [4.69, 9.17) is 24.1 Å². The molecular weight excluding hydrogens is 1200 g/mol. The van der Waals surface area contributed by atoms with Crippen molar-refractivity contribution >= 4 is 119 Å². The highest BCUT2D eigenvalue weighted by Gasteiger charge is 2.22. The fraction of sp³-hybridized carbons (Fsp3) is 0.0357. The number of fused-ring (bicyclic) bond motifs is 17. The molecule has 9 heteroatoms. The van der Waals surface area contributed by atoms with Crippen LogP contribution in [0.25, 0.3) is 160 Å². The Bertz CT molecular complexity index is 6150. The topological polar surface area (TPSA) is 74.3 Å². The Hall–Kier alpha value is -11.7. The summed E-state index contributed by atoms with van der Waals surface area (Å²) in [5.74, 6) is 0.867. The van der Waals surface area contributed by atoms with Crippen molar-refractivity contribution in [3.8, 4) is 61.8 Å². The lowest BCUT2D eigenvalue weighted by Gasteiger charge is -2.12. The van der Waals surface area contributed by atoms with E-state index in [1.807, 2.05) is 12.1 Å². The third kappa shape index (κ3) is 9.54. The normalized spacial score (nSPS) is 11.7. The first-order valence-corrected chi connectivity index (χ1v) is 32.0. The van der Waals surface area contributed by atoms with Crippen LogP contribution in [0.15, 0.2) is 301 Å². The monoisotopic (exact) mass is 1260 g/mol. The molecule has 0 radical (unpaired) electrons. The van der Waals surface area contributed by atoms with Gasteiger partial charge in [-0.25, -0.2) is 15.0 Å². The number of methoxy groups -OCH3 is 1. The summed E-state index contributed by atoms with van der Waals surface area (Å²) >= 11 is 3.84. The first kappa shape index (κ1) is 55.4. The first-order chi connectivity index (χ1) is 45.8. The van der Waals surface area contributed by atoms with E-state index in [1.54, 1.807) is 19.6 Å². The molecule has 0 N–H and O–H groups in total. The number of hydrogen-bond acceptors (Lipinski definition) is 5. The van der Waals surface area contributed by atoms with Crippen molar-refractivity contribution in [2.45, 2.75) is 13.8 Å². The molecule has 0 unspecified atom stereocenters. The highest BCUT2D eigenvalue weighted by Crippen LogP contribution is 2.43. The van der Waals surface area contributed by atoms with E-state index in [2.05, 4.69) is 310 Å². The van der Waals surface area contributed by atoms with Crippen molar-refractivity contribution in [1.82, 2.24) is 28.2 Å². The lowest BCUT2D eigenvalue weighted by Crippen LogP contribution is -1.94. The standard InChI is InChI=1S/C33H24N2O.C29H18N2O.C22H15BrN2/c1-21-16-24(18-26(17-21)36-2)23-14-15-25-19-30-28-11-5-6-13-31(28)34-32(33(30)35(25)20-23)29-12-7-9-22-8-3-4-10-27(22)29;1-2-8-23-19(6-1)7-5-10-25(23)28-29-26(24-9-3-4-11-27(24)30-28)16-22-13-12-20(17-31(22)29)21-14-15-32-18-21;1-14-9-11-15(12-10-14)21-22-19(16-6-2-3-7-17(16)24-21)20(23)18-8-4-5-13-25(18)22/h3-20H,1-2H3;1-18H;2-13H,1H3. The summed E-state index contributed by atoms with van der Waals surface area (Å²) in [5, 5.41) is 12.0. The Morgan fingerprint density at radius 3 is 1.46 bits per heavy atom. The molecule has 0 bridgehead atoms. The zero-order valence-electron chi connectivity index (χ0n) is 51.1. The summed E-state index contributed by atoms with van der Waals surface area (Å²) in [5.41, 5.74) is 23.2. The van der Waals surface area contributed by atoms with Gasteiger partial charge in [0.2, 0.25) is 0 Å². The first-order valence-electron chi connectivity index (χ1n) is 31.2. The van der Waals surface area contributed by atoms with Crippen LogP contribution < -0.4 is 4.74 Å². The molecule has 0 saturated carbocycles. The fourth-order valence-electron chi connectivity index (χ4n) is 13.7. The Morgan fingerprint density at radius 2 is 0.882 bits per heavy atom. The Labute approximate surface area is 543 Å². The van der Waals surface area contributed by atoms with Gasteiger partial charge in [0.05, 0.1) is 79.8 Å². The van der Waals surface area contributed by atoms with Gasteiger partial charge in [-0.15, -0.1) is 0 Å². The molecule has 0 aliphatic carbocycles. The maximum Gasteiger partial charge on any atom is 0.119 e. The largest absolute Gasteiger partial charge is 0.497 e. The number of pyridine rings is 6. The maximum atomic E-state index is 5.55. The highest BCUT2D eigenvalue weighted by atomic mass is 79.9. The summed E-state index contributed by atoms with van der Waals surface area (Å²) in [6, 6.07) is 91.6. The van der Waals surface area contributed by atoms with E-state index in [9.17, 15) is 0 Å². The summed E-state index contributed by atoms with van der Waals surface area (Å²) < 4.78 is 18.8. The summed E-state index contributed by atoms with van der Waals surface area (Å²) in [4.78, 5) is 15.5. The minimum absolute atomic E-state index is 0.867. The minimum atomic E-state index is 0.867. The summed E-state index contributed by atoms with van der Waals surface area (Å²) in [6.07, 6.45) is 10.0. The van der Waals surface area contributed by atoms with Crippen LogP contribution in [-0.4, -0.2) is 35.3 Å². The summed E-state index contributed by atoms with van der Waals surface area (Å²) in [6.45, 7) is 4.21. The third-order valence-electron chi connectivity index (χ3n) is 18.1. The second kappa shape index (κ2) is 22.7. The smallest absolute Gasteiger partial charge is 0.119 e. The van der Waals surface area contributed by atoms with Crippen LogP contribution in [0.2, 0.25) is 0 Å². The van der Waals surface area contributed by atoms with Gasteiger partial charge in [0, 0.05) is 89.8 Å². The van der Waals surface area contributed by atoms with Crippen molar-refractivity contribution in [3.63, 3.8) is 0 Å². The van der Waals surface area contributed by atoms with E-state index < -0.39 is 0 Å². The van der Waals surface area contributed by atoms with Crippen molar-refractivity contribution in [2.75, 3.05) is 7.11 Å². The molecule has 0 aliphatic rings. The molecule has 0 spiro atoms. The van der Waals surface area contributed by atoms with Crippen LogP contribution in [0.3, 0.4) is 0 Å². The molecule has 9 aromatic carbocycles. The fourth-order valence-corrected chi connectivity index (χ4v) is 14.5. The van der Waals surface area contributed by atoms with Crippen molar-refractivity contribution < 1.29 is 9.15 Å². The number of ether oxygens (including phenoxy) is 1. The number of aromatic nitrogens is 6. The molecule has 19 aromatic rings. The molecule has 0 fully saturated rings. The van der Waals surface area contributed by atoms with E-state index in [0.717, 1.165) is 116 Å². The minimum Gasteiger partial charge on any atom is -0.497 e. The van der Waals surface area contributed by atoms with Gasteiger partial charge < -0.3 is 22.4 Å². The molecular formula is C84H57BrN6O2. The van der Waals surface area contributed by atoms with E-state index in [-0.39, 0.29) is 0 Å². The molecule has 93 heavy (non-hydrogen) atoms. The second-order valence-electron chi connectivity index (χ2n) is 23.8. The molecule has 0 atom stereocenters. The predicted octanol–water partition coefficient (Wildman–Crippen LogP) is 22.5. The number of benzene rings is 9. The van der Waals surface area contributed by atoms with Gasteiger partial charge >= 0.3 is 0 Å². The van der Waals surface area contributed by atoms with Crippen LogP contribution >= 0.6 is 15.9 Å². The number of hydrogen-bond donors (Lipinski definition) is 0. The van der Waals surface area contributed by atoms with Crippen LogP contribution in [0, 0.1) is 13.8 Å². The number of nitrogens with zero attached hydrogens (tertiary/aromatic N) is 6. The zero-order chi connectivity index (χ0) is 62.3. The van der Waals surface area contributed by atoms with E-state index >= 15 is 0 Å². The number of aryl methyl sites for hydroxylation is 2. The predicted molar refractivity (Wildman–Crippen MR) is 389 cm³/mol. The van der Waals surface area contributed by atoms with Gasteiger partial charge in [-0.3, -0.25) is 0 Å². The van der Waals surface area contributed by atoms with Crippen LogP contribution in [0.4, 0.5) is 0 Å². The van der Waals surface area contributed by atoms with Gasteiger partial charge in [0.25, 0.3) is 0 Å². The Morgan fingerprint density at radius 1 is 0.376 bits per heavy atom. The molecule has 0 aliphatic heterocycles. The molecule has 8 nitrogen and oxygen atoms in total. The van der Waals surface area contributed by atoms with Crippen molar-refractivity contribution in [3.05, 3.63) is 308 Å². The zero-order valence-corrected chi connectivity index (χ0v) is 52.7. The molecule has 10 aromatic heterocycles. The van der Waals surface area contributed by atoms with Crippen molar-refractivity contribution in [2.24, 2.45) is 0 Å². The average Bonchev–Trinajstić information content (AvgIpc) is 1.63. The number of halogens is 1. The molecule has 442 valence electrons. The van der Waals surface area contributed by atoms with E-state index in [0.29, 0.717) is 0 Å². The van der Waals surface area contributed by atoms with Gasteiger partial charge in [-0.2, -0.15) is 0 Å². The second-order valence-corrected chi connectivity index (χ2v) is 24.6. The van der Waals surface area contributed by atoms with Crippen molar-refractivity contribution in [1.29, 1.82) is 0 Å².